The second-order valence-electron chi connectivity index (χ2n) is 5.76. The fourth-order valence-corrected chi connectivity index (χ4v) is 2.54. The highest BCUT2D eigenvalue weighted by molar-refractivity contribution is 5.05. The minimum atomic E-state index is -0.0336. The Labute approximate surface area is 108 Å². The highest BCUT2D eigenvalue weighted by Gasteiger charge is 2.17. The first kappa shape index (κ1) is 13.3. The lowest BCUT2D eigenvalue weighted by Gasteiger charge is -2.30. The van der Waals surface area contributed by atoms with Crippen LogP contribution in [0.1, 0.15) is 51.0 Å². The van der Waals surface area contributed by atoms with Crippen molar-refractivity contribution in [3.05, 3.63) is 27.9 Å². The molecule has 1 fully saturated rings. The highest BCUT2D eigenvalue weighted by Crippen LogP contribution is 2.17. The normalized spacial score (nSPS) is 21.4. The van der Waals surface area contributed by atoms with E-state index in [4.69, 9.17) is 0 Å². The molecular formula is C14H23N3O. The molecule has 2 rings (SSSR count). The van der Waals surface area contributed by atoms with Crippen LogP contribution in [-0.2, 0) is 6.54 Å². The van der Waals surface area contributed by atoms with E-state index >= 15 is 0 Å². The topological polar surface area (TPSA) is 49.0 Å². The van der Waals surface area contributed by atoms with Gasteiger partial charge in [-0.3, -0.25) is 9.69 Å². The van der Waals surface area contributed by atoms with Crippen molar-refractivity contribution < 1.29 is 0 Å². The van der Waals surface area contributed by atoms with Gasteiger partial charge in [0.2, 0.25) is 0 Å². The van der Waals surface area contributed by atoms with Gasteiger partial charge < -0.3 is 4.98 Å². The van der Waals surface area contributed by atoms with Crippen molar-refractivity contribution in [2.24, 2.45) is 5.92 Å². The molecule has 0 saturated carbocycles. The Morgan fingerprint density at radius 1 is 1.56 bits per heavy atom. The maximum atomic E-state index is 11.6. The standard InChI is InChI=1S/C14H23N3O/c1-10(2)14-15-12(7-13(18)16-14)9-17-6-4-5-11(3)8-17/h7,10-11H,4-6,8-9H2,1-3H3,(H,15,16,18)/t11-/m1/s1. The van der Waals surface area contributed by atoms with Crippen LogP contribution in [0.15, 0.2) is 10.9 Å². The Morgan fingerprint density at radius 3 is 3.00 bits per heavy atom. The van der Waals surface area contributed by atoms with Crippen molar-refractivity contribution in [3.8, 4) is 0 Å². The summed E-state index contributed by atoms with van der Waals surface area (Å²) in [5.74, 6) is 1.81. The molecule has 4 heteroatoms. The van der Waals surface area contributed by atoms with Crippen LogP contribution in [0.5, 0.6) is 0 Å². The van der Waals surface area contributed by atoms with Crippen molar-refractivity contribution in [2.45, 2.75) is 46.1 Å². The van der Waals surface area contributed by atoms with Gasteiger partial charge in [-0.25, -0.2) is 4.98 Å². The molecule has 0 aliphatic carbocycles. The summed E-state index contributed by atoms with van der Waals surface area (Å²) in [5.41, 5.74) is 0.866. The monoisotopic (exact) mass is 249 g/mol. The van der Waals surface area contributed by atoms with E-state index < -0.39 is 0 Å². The molecule has 1 aliphatic rings. The molecule has 0 aromatic carbocycles. The number of H-pyrrole nitrogens is 1. The van der Waals surface area contributed by atoms with Crippen LogP contribution < -0.4 is 5.56 Å². The first-order chi connectivity index (χ1) is 8.54. The van der Waals surface area contributed by atoms with Gasteiger partial charge in [0, 0.05) is 25.1 Å². The van der Waals surface area contributed by atoms with E-state index in [0.717, 1.165) is 37.1 Å². The van der Waals surface area contributed by atoms with Gasteiger partial charge in [0.05, 0.1) is 5.69 Å². The van der Waals surface area contributed by atoms with Crippen LogP contribution in [0.25, 0.3) is 0 Å². The maximum absolute atomic E-state index is 11.6. The fraction of sp³-hybridized carbons (Fsp3) is 0.714. The van der Waals surface area contributed by atoms with Crippen molar-refractivity contribution in [1.29, 1.82) is 0 Å². The predicted molar refractivity (Wildman–Crippen MR) is 72.6 cm³/mol. The van der Waals surface area contributed by atoms with Gasteiger partial charge in [0.15, 0.2) is 0 Å². The number of piperidine rings is 1. The summed E-state index contributed by atoms with van der Waals surface area (Å²) in [5, 5.41) is 0. The van der Waals surface area contributed by atoms with Crippen LogP contribution in [0.2, 0.25) is 0 Å². The maximum Gasteiger partial charge on any atom is 0.251 e. The number of hydrogen-bond donors (Lipinski definition) is 1. The number of rotatable bonds is 3. The van der Waals surface area contributed by atoms with E-state index in [1.165, 1.54) is 12.8 Å². The largest absolute Gasteiger partial charge is 0.310 e. The summed E-state index contributed by atoms with van der Waals surface area (Å²) in [6.07, 6.45) is 2.57. The van der Waals surface area contributed by atoms with Crippen LogP contribution in [-0.4, -0.2) is 28.0 Å². The zero-order valence-corrected chi connectivity index (χ0v) is 11.6. The molecule has 1 N–H and O–H groups in total. The summed E-state index contributed by atoms with van der Waals surface area (Å²) in [6.45, 7) is 9.42. The average Bonchev–Trinajstić information content (AvgIpc) is 2.28. The van der Waals surface area contributed by atoms with E-state index in [9.17, 15) is 4.79 Å². The molecule has 0 unspecified atom stereocenters. The smallest absolute Gasteiger partial charge is 0.251 e. The van der Waals surface area contributed by atoms with E-state index in [1.54, 1.807) is 6.07 Å². The lowest BCUT2D eigenvalue weighted by Crippen LogP contribution is -2.34. The van der Waals surface area contributed by atoms with Crippen molar-refractivity contribution in [2.75, 3.05) is 13.1 Å². The van der Waals surface area contributed by atoms with Crippen molar-refractivity contribution in [3.63, 3.8) is 0 Å². The molecule has 1 atom stereocenters. The zero-order chi connectivity index (χ0) is 13.1. The number of aromatic nitrogens is 2. The molecule has 0 spiro atoms. The summed E-state index contributed by atoms with van der Waals surface area (Å²) in [7, 11) is 0. The third-order valence-electron chi connectivity index (χ3n) is 3.49. The van der Waals surface area contributed by atoms with E-state index in [2.05, 4.69) is 21.8 Å². The van der Waals surface area contributed by atoms with Gasteiger partial charge in [-0.2, -0.15) is 0 Å². The fourth-order valence-electron chi connectivity index (χ4n) is 2.54. The number of nitrogens with zero attached hydrogens (tertiary/aromatic N) is 2. The third kappa shape index (κ3) is 3.42. The van der Waals surface area contributed by atoms with Gasteiger partial charge in [-0.1, -0.05) is 20.8 Å². The molecule has 1 aromatic rings. The predicted octanol–water partition coefficient (Wildman–Crippen LogP) is 2.13. The van der Waals surface area contributed by atoms with Crippen LogP contribution in [0.3, 0.4) is 0 Å². The third-order valence-corrected chi connectivity index (χ3v) is 3.49. The van der Waals surface area contributed by atoms with E-state index in [1.807, 2.05) is 13.8 Å². The first-order valence-corrected chi connectivity index (χ1v) is 6.87. The van der Waals surface area contributed by atoms with Gasteiger partial charge in [-0.05, 0) is 25.3 Å². The lowest BCUT2D eigenvalue weighted by molar-refractivity contribution is 0.174. The highest BCUT2D eigenvalue weighted by atomic mass is 16.1. The van der Waals surface area contributed by atoms with Crippen molar-refractivity contribution >= 4 is 0 Å². The van der Waals surface area contributed by atoms with Gasteiger partial charge in [0.1, 0.15) is 5.82 Å². The summed E-state index contributed by atoms with van der Waals surface area (Å²) in [4.78, 5) is 21.4. The Morgan fingerprint density at radius 2 is 2.33 bits per heavy atom. The van der Waals surface area contributed by atoms with Crippen LogP contribution in [0, 0.1) is 5.92 Å². The molecule has 1 saturated heterocycles. The second-order valence-corrected chi connectivity index (χ2v) is 5.76. The molecular weight excluding hydrogens is 226 g/mol. The van der Waals surface area contributed by atoms with Crippen LogP contribution >= 0.6 is 0 Å². The molecule has 1 aliphatic heterocycles. The van der Waals surface area contributed by atoms with E-state index in [-0.39, 0.29) is 11.5 Å². The minimum absolute atomic E-state index is 0.0336. The molecule has 0 amide bonds. The molecule has 2 heterocycles. The van der Waals surface area contributed by atoms with Crippen LogP contribution in [0.4, 0.5) is 0 Å². The Balaban J connectivity index is 2.11. The van der Waals surface area contributed by atoms with E-state index in [0.29, 0.717) is 0 Å². The lowest BCUT2D eigenvalue weighted by atomic mass is 10.0. The minimum Gasteiger partial charge on any atom is -0.310 e. The average molecular weight is 249 g/mol. The molecule has 0 bridgehead atoms. The summed E-state index contributed by atoms with van der Waals surface area (Å²) in [6, 6.07) is 1.63. The second kappa shape index (κ2) is 5.65. The molecule has 0 radical (unpaired) electrons. The van der Waals surface area contributed by atoms with Crippen molar-refractivity contribution in [1.82, 2.24) is 14.9 Å². The molecule has 18 heavy (non-hydrogen) atoms. The Kier molecular flexibility index (Phi) is 4.17. The number of hydrogen-bond acceptors (Lipinski definition) is 3. The number of nitrogens with one attached hydrogen (secondary N) is 1. The van der Waals surface area contributed by atoms with Gasteiger partial charge in [-0.15, -0.1) is 0 Å². The van der Waals surface area contributed by atoms with Gasteiger partial charge >= 0.3 is 0 Å². The molecule has 4 nitrogen and oxygen atoms in total. The number of likely N-dealkylation sites (tertiary alicyclic amines) is 1. The summed E-state index contributed by atoms with van der Waals surface area (Å²) < 4.78 is 0. The molecule has 1 aromatic heterocycles. The molecule has 100 valence electrons. The Hall–Kier alpha value is -1.16. The zero-order valence-electron chi connectivity index (χ0n) is 11.6. The Bertz CT molecular complexity index is 453. The van der Waals surface area contributed by atoms with Gasteiger partial charge in [0.25, 0.3) is 5.56 Å². The summed E-state index contributed by atoms with van der Waals surface area (Å²) >= 11 is 0. The quantitative estimate of drug-likeness (QED) is 0.892. The number of aromatic amines is 1. The first-order valence-electron chi connectivity index (χ1n) is 6.87. The SMILES string of the molecule is CC(C)c1nc(CN2CCC[C@@H](C)C2)cc(=O)[nH]1.